The molecule has 1 N–H and O–H groups in total. The van der Waals surface area contributed by atoms with E-state index in [4.69, 9.17) is 11.6 Å². The number of aromatic nitrogens is 4. The van der Waals surface area contributed by atoms with Crippen molar-refractivity contribution >= 4 is 34.5 Å². The molecule has 2 heterocycles. The molecule has 0 aromatic carbocycles. The number of halogens is 1. The van der Waals surface area contributed by atoms with Crippen LogP contribution in [-0.2, 0) is 13.6 Å². The predicted octanol–water partition coefficient (Wildman–Crippen LogP) is 2.85. The Labute approximate surface area is 143 Å². The van der Waals surface area contributed by atoms with Gasteiger partial charge in [0.2, 0.25) is 0 Å². The lowest BCUT2D eigenvalue weighted by atomic mass is 10.2. The molecule has 126 valence electrons. The largest absolute Gasteiger partial charge is 0.329 e. The van der Waals surface area contributed by atoms with Gasteiger partial charge in [-0.05, 0) is 13.3 Å². The van der Waals surface area contributed by atoms with Crippen LogP contribution in [0, 0.1) is 0 Å². The van der Waals surface area contributed by atoms with Crippen LogP contribution in [0.1, 0.15) is 33.1 Å². The maximum absolute atomic E-state index is 12.2. The highest BCUT2D eigenvalue weighted by atomic mass is 35.5. The van der Waals surface area contributed by atoms with Crippen LogP contribution in [0.15, 0.2) is 25.9 Å². The number of aryl methyl sites for hydroxylation is 2. The second kappa shape index (κ2) is 7.88. The van der Waals surface area contributed by atoms with Crippen LogP contribution in [0.5, 0.6) is 0 Å². The highest BCUT2D eigenvalue weighted by Gasteiger charge is 2.17. The van der Waals surface area contributed by atoms with E-state index >= 15 is 0 Å². The van der Waals surface area contributed by atoms with E-state index in [1.807, 2.05) is 17.6 Å². The summed E-state index contributed by atoms with van der Waals surface area (Å²) in [6.45, 7) is 4.66. The number of allylic oxidation sites excluding steroid dienone is 1. The van der Waals surface area contributed by atoms with Crippen molar-refractivity contribution in [3.05, 3.63) is 31.9 Å². The van der Waals surface area contributed by atoms with Gasteiger partial charge >= 0.3 is 5.69 Å². The van der Waals surface area contributed by atoms with Crippen LogP contribution in [-0.4, -0.2) is 24.9 Å². The standard InChI is InChI=1S/C15H21ClN4O2S/c1-4-5-6-8-20-11-12(19(3)14(22)18-13(11)21)17-15(20)23-9-7-10(2)16/h7H,4-6,8-9H2,1-3H3,(H,18,21,22)/b10-7+. The molecule has 0 saturated carbocycles. The monoisotopic (exact) mass is 356 g/mol. The van der Waals surface area contributed by atoms with Gasteiger partial charge in [0.05, 0.1) is 0 Å². The number of hydrogen-bond acceptors (Lipinski definition) is 4. The third-order valence-corrected chi connectivity index (χ3v) is 4.59. The van der Waals surface area contributed by atoms with E-state index in [1.165, 1.54) is 16.3 Å². The molecule has 2 rings (SSSR count). The molecule has 6 nitrogen and oxygen atoms in total. The summed E-state index contributed by atoms with van der Waals surface area (Å²) in [6, 6.07) is 0. The first kappa shape index (κ1) is 17.9. The molecule has 0 unspecified atom stereocenters. The van der Waals surface area contributed by atoms with Gasteiger partial charge in [0, 0.05) is 24.4 Å². The Morgan fingerprint density at radius 2 is 2.13 bits per heavy atom. The molecule has 0 aliphatic carbocycles. The van der Waals surface area contributed by atoms with Crippen LogP contribution in [0.25, 0.3) is 11.2 Å². The smallest absolute Gasteiger partial charge is 0.313 e. The van der Waals surface area contributed by atoms with Gasteiger partial charge in [0.25, 0.3) is 5.56 Å². The van der Waals surface area contributed by atoms with Crippen molar-refractivity contribution in [2.24, 2.45) is 7.05 Å². The van der Waals surface area contributed by atoms with Crippen LogP contribution in [0.3, 0.4) is 0 Å². The van der Waals surface area contributed by atoms with E-state index in [9.17, 15) is 9.59 Å². The molecule has 0 spiro atoms. The van der Waals surface area contributed by atoms with Gasteiger partial charge in [-0.1, -0.05) is 49.2 Å². The fraction of sp³-hybridized carbons (Fsp3) is 0.533. The maximum Gasteiger partial charge on any atom is 0.329 e. The lowest BCUT2D eigenvalue weighted by Gasteiger charge is -2.07. The highest BCUT2D eigenvalue weighted by Crippen LogP contribution is 2.23. The number of fused-ring (bicyclic) bond motifs is 1. The number of H-pyrrole nitrogens is 1. The third kappa shape index (κ3) is 4.09. The normalized spacial score (nSPS) is 12.3. The highest BCUT2D eigenvalue weighted by molar-refractivity contribution is 7.99. The maximum atomic E-state index is 12.2. The summed E-state index contributed by atoms with van der Waals surface area (Å²) in [6.07, 6.45) is 5.03. The molecule has 0 radical (unpaired) electrons. The topological polar surface area (TPSA) is 72.7 Å². The molecule has 2 aromatic heterocycles. The van der Waals surface area contributed by atoms with E-state index in [-0.39, 0.29) is 5.56 Å². The van der Waals surface area contributed by atoms with E-state index in [2.05, 4.69) is 16.9 Å². The Hall–Kier alpha value is -1.47. The quantitative estimate of drug-likeness (QED) is 0.611. The second-order valence-corrected chi connectivity index (χ2v) is 6.93. The van der Waals surface area contributed by atoms with Crippen LogP contribution >= 0.6 is 23.4 Å². The minimum absolute atomic E-state index is 0.386. The van der Waals surface area contributed by atoms with Crippen molar-refractivity contribution < 1.29 is 0 Å². The number of thioether (sulfide) groups is 1. The van der Waals surface area contributed by atoms with Crippen molar-refractivity contribution in [3.63, 3.8) is 0 Å². The summed E-state index contributed by atoms with van der Waals surface area (Å²) in [4.78, 5) is 30.8. The molecule has 0 aliphatic rings. The lowest BCUT2D eigenvalue weighted by molar-refractivity contribution is 0.578. The lowest BCUT2D eigenvalue weighted by Crippen LogP contribution is -2.29. The summed E-state index contributed by atoms with van der Waals surface area (Å²) in [5.74, 6) is 0.665. The van der Waals surface area contributed by atoms with Gasteiger partial charge < -0.3 is 4.57 Å². The number of nitrogens with one attached hydrogen (secondary N) is 1. The van der Waals surface area contributed by atoms with E-state index < -0.39 is 5.69 Å². The molecule has 0 atom stereocenters. The van der Waals surface area contributed by atoms with Crippen LogP contribution in [0.4, 0.5) is 0 Å². The molecule has 0 fully saturated rings. The SMILES string of the molecule is CCCCCn1c(SC/C=C(\C)Cl)nc2c1c(=O)[nH]c(=O)n2C. The number of hydrogen-bond donors (Lipinski definition) is 1. The first-order valence-electron chi connectivity index (χ1n) is 7.60. The predicted molar refractivity (Wildman–Crippen MR) is 95.5 cm³/mol. The van der Waals surface area contributed by atoms with Crippen molar-refractivity contribution in [3.8, 4) is 0 Å². The summed E-state index contributed by atoms with van der Waals surface area (Å²) < 4.78 is 3.28. The van der Waals surface area contributed by atoms with Gasteiger partial charge in [-0.2, -0.15) is 0 Å². The van der Waals surface area contributed by atoms with Crippen molar-refractivity contribution in [1.29, 1.82) is 0 Å². The Morgan fingerprint density at radius 3 is 2.78 bits per heavy atom. The summed E-state index contributed by atoms with van der Waals surface area (Å²) in [5.41, 5.74) is 0.0402. The molecule has 8 heteroatoms. The third-order valence-electron chi connectivity index (χ3n) is 3.53. The van der Waals surface area contributed by atoms with E-state index in [1.54, 1.807) is 7.05 Å². The Morgan fingerprint density at radius 1 is 1.39 bits per heavy atom. The summed E-state index contributed by atoms with van der Waals surface area (Å²) in [5, 5.41) is 1.45. The molecule has 23 heavy (non-hydrogen) atoms. The summed E-state index contributed by atoms with van der Waals surface area (Å²) in [7, 11) is 1.61. The molecular formula is C15H21ClN4O2S. The first-order valence-corrected chi connectivity index (χ1v) is 8.96. The second-order valence-electron chi connectivity index (χ2n) is 5.35. The minimum atomic E-state index is -0.450. The minimum Gasteiger partial charge on any atom is -0.313 e. The molecule has 0 bridgehead atoms. The fourth-order valence-corrected chi connectivity index (χ4v) is 3.42. The molecule has 0 amide bonds. The first-order chi connectivity index (χ1) is 11.0. The van der Waals surface area contributed by atoms with Crippen molar-refractivity contribution in [2.75, 3.05) is 5.75 Å². The Balaban J connectivity index is 2.50. The van der Waals surface area contributed by atoms with Crippen LogP contribution < -0.4 is 11.2 Å². The Kier molecular flexibility index (Phi) is 6.12. The molecular weight excluding hydrogens is 336 g/mol. The van der Waals surface area contributed by atoms with Gasteiger partial charge in [-0.25, -0.2) is 9.78 Å². The number of nitrogens with zero attached hydrogens (tertiary/aromatic N) is 3. The van der Waals surface area contributed by atoms with Crippen LogP contribution in [0.2, 0.25) is 0 Å². The van der Waals surface area contributed by atoms with Gasteiger partial charge in [0.15, 0.2) is 16.3 Å². The molecule has 0 saturated heterocycles. The van der Waals surface area contributed by atoms with Crippen molar-refractivity contribution in [2.45, 2.75) is 44.8 Å². The zero-order valence-electron chi connectivity index (χ0n) is 13.6. The number of unbranched alkanes of at least 4 members (excludes halogenated alkanes) is 2. The van der Waals surface area contributed by atoms with Gasteiger partial charge in [0.1, 0.15) is 0 Å². The van der Waals surface area contributed by atoms with Gasteiger partial charge in [-0.3, -0.25) is 14.3 Å². The van der Waals surface area contributed by atoms with E-state index in [0.29, 0.717) is 23.5 Å². The average molecular weight is 357 g/mol. The average Bonchev–Trinajstić information content (AvgIpc) is 2.84. The fourth-order valence-electron chi connectivity index (χ4n) is 2.28. The van der Waals surface area contributed by atoms with Gasteiger partial charge in [-0.15, -0.1) is 0 Å². The number of imidazole rings is 1. The zero-order chi connectivity index (χ0) is 17.0. The molecule has 0 aliphatic heterocycles. The summed E-state index contributed by atoms with van der Waals surface area (Å²) >= 11 is 7.36. The molecule has 2 aromatic rings. The van der Waals surface area contributed by atoms with Crippen molar-refractivity contribution in [1.82, 2.24) is 19.1 Å². The zero-order valence-corrected chi connectivity index (χ0v) is 15.1. The number of aromatic amines is 1. The number of rotatable bonds is 7. The van der Waals surface area contributed by atoms with E-state index in [0.717, 1.165) is 29.5 Å². The Bertz CT molecular complexity index is 830.